The third-order valence-electron chi connectivity index (χ3n) is 2.86. The largest absolute Gasteiger partial charge is 0.396 e. The van der Waals surface area contributed by atoms with E-state index < -0.39 is 0 Å². The second kappa shape index (κ2) is 7.36. The van der Waals surface area contributed by atoms with Gasteiger partial charge in [-0.15, -0.1) is 0 Å². The van der Waals surface area contributed by atoms with E-state index in [1.165, 1.54) is 0 Å². The molecule has 1 aromatic carbocycles. The molecule has 5 heteroatoms. The molecule has 0 saturated heterocycles. The molecule has 2 amide bonds. The van der Waals surface area contributed by atoms with E-state index in [2.05, 4.69) is 10.6 Å². The van der Waals surface area contributed by atoms with Crippen molar-refractivity contribution in [2.75, 3.05) is 13.2 Å². The van der Waals surface area contributed by atoms with Crippen LogP contribution in [0.4, 0.5) is 4.79 Å². The molecule has 106 valence electrons. The van der Waals surface area contributed by atoms with Gasteiger partial charge in [0.05, 0.1) is 0 Å². The van der Waals surface area contributed by atoms with Crippen LogP contribution in [0, 0.1) is 5.41 Å². The number of urea groups is 1. The third kappa shape index (κ3) is 6.45. The van der Waals surface area contributed by atoms with Gasteiger partial charge in [-0.2, -0.15) is 0 Å². The van der Waals surface area contributed by atoms with Gasteiger partial charge in [-0.1, -0.05) is 37.6 Å². The first-order valence-electron chi connectivity index (χ1n) is 6.30. The minimum absolute atomic E-state index is 0.109. The predicted octanol–water partition coefficient (Wildman–Crippen LogP) is 2.55. The number of carbonyl (C=O) groups is 1. The van der Waals surface area contributed by atoms with Crippen LogP contribution in [0.2, 0.25) is 5.02 Å². The van der Waals surface area contributed by atoms with Crippen LogP contribution in [0.3, 0.4) is 0 Å². The third-order valence-corrected chi connectivity index (χ3v) is 3.09. The van der Waals surface area contributed by atoms with Crippen LogP contribution in [-0.2, 0) is 6.54 Å². The molecule has 19 heavy (non-hydrogen) atoms. The number of benzene rings is 1. The normalized spacial score (nSPS) is 11.2. The number of amides is 2. The first-order chi connectivity index (χ1) is 8.93. The second-order valence-electron chi connectivity index (χ2n) is 5.30. The summed E-state index contributed by atoms with van der Waals surface area (Å²) in [6, 6.07) is 7.15. The van der Waals surface area contributed by atoms with E-state index in [0.29, 0.717) is 24.5 Å². The maximum absolute atomic E-state index is 11.6. The molecule has 0 aliphatic heterocycles. The Morgan fingerprint density at radius 3 is 2.74 bits per heavy atom. The van der Waals surface area contributed by atoms with Gasteiger partial charge in [-0.3, -0.25) is 0 Å². The summed E-state index contributed by atoms with van der Waals surface area (Å²) >= 11 is 5.86. The standard InChI is InChI=1S/C14H21ClN2O2/c1-14(2,6-7-18)10-17-13(19)16-9-11-4-3-5-12(15)8-11/h3-5,8,18H,6-7,9-10H2,1-2H3,(H2,16,17,19). The number of hydrogen-bond donors (Lipinski definition) is 3. The molecule has 0 aliphatic rings. The molecule has 0 fully saturated rings. The van der Waals surface area contributed by atoms with Crippen LogP contribution >= 0.6 is 11.6 Å². The highest BCUT2D eigenvalue weighted by Crippen LogP contribution is 2.17. The summed E-state index contributed by atoms with van der Waals surface area (Å²) in [6.45, 7) is 5.08. The van der Waals surface area contributed by atoms with E-state index in [4.69, 9.17) is 16.7 Å². The summed E-state index contributed by atoms with van der Waals surface area (Å²) in [7, 11) is 0. The molecule has 0 bridgehead atoms. The average Bonchev–Trinajstić information content (AvgIpc) is 2.34. The van der Waals surface area contributed by atoms with E-state index in [-0.39, 0.29) is 18.1 Å². The lowest BCUT2D eigenvalue weighted by Crippen LogP contribution is -2.40. The Hall–Kier alpha value is -1.26. The van der Waals surface area contributed by atoms with Crippen molar-refractivity contribution in [3.8, 4) is 0 Å². The Kier molecular flexibility index (Phi) is 6.12. The molecule has 1 aromatic rings. The Morgan fingerprint density at radius 1 is 1.37 bits per heavy atom. The fraction of sp³-hybridized carbons (Fsp3) is 0.500. The smallest absolute Gasteiger partial charge is 0.315 e. The van der Waals surface area contributed by atoms with E-state index in [9.17, 15) is 4.79 Å². The fourth-order valence-electron chi connectivity index (χ4n) is 1.60. The number of aliphatic hydroxyl groups is 1. The molecular formula is C14H21ClN2O2. The lowest BCUT2D eigenvalue weighted by Gasteiger charge is -2.23. The number of aliphatic hydroxyl groups excluding tert-OH is 1. The van der Waals surface area contributed by atoms with Gasteiger partial charge < -0.3 is 15.7 Å². The molecule has 3 N–H and O–H groups in total. The van der Waals surface area contributed by atoms with Gasteiger partial charge in [0.15, 0.2) is 0 Å². The van der Waals surface area contributed by atoms with E-state index in [1.54, 1.807) is 6.07 Å². The lowest BCUT2D eigenvalue weighted by molar-refractivity contribution is 0.201. The highest BCUT2D eigenvalue weighted by atomic mass is 35.5. The van der Waals surface area contributed by atoms with Crippen molar-refractivity contribution >= 4 is 17.6 Å². The predicted molar refractivity (Wildman–Crippen MR) is 77.2 cm³/mol. The molecule has 0 heterocycles. The quantitative estimate of drug-likeness (QED) is 0.752. The number of carbonyl (C=O) groups excluding carboxylic acids is 1. The molecule has 1 rings (SSSR count). The molecule has 4 nitrogen and oxygen atoms in total. The van der Waals surface area contributed by atoms with Crippen LogP contribution in [-0.4, -0.2) is 24.3 Å². The molecule has 0 radical (unpaired) electrons. The van der Waals surface area contributed by atoms with Gasteiger partial charge in [0.2, 0.25) is 0 Å². The SMILES string of the molecule is CC(C)(CCO)CNC(=O)NCc1cccc(Cl)c1. The molecule has 0 aliphatic carbocycles. The van der Waals surface area contributed by atoms with Gasteiger partial charge >= 0.3 is 6.03 Å². The highest BCUT2D eigenvalue weighted by molar-refractivity contribution is 6.30. The van der Waals surface area contributed by atoms with Gasteiger partial charge in [0, 0.05) is 24.7 Å². The fourth-order valence-corrected chi connectivity index (χ4v) is 1.82. The van der Waals surface area contributed by atoms with Crippen molar-refractivity contribution in [1.29, 1.82) is 0 Å². The first-order valence-corrected chi connectivity index (χ1v) is 6.68. The maximum Gasteiger partial charge on any atom is 0.315 e. The van der Waals surface area contributed by atoms with Gasteiger partial charge in [-0.25, -0.2) is 4.79 Å². The van der Waals surface area contributed by atoms with Crippen LogP contribution in [0.5, 0.6) is 0 Å². The number of hydrogen-bond acceptors (Lipinski definition) is 2. The first kappa shape index (κ1) is 15.8. The molecular weight excluding hydrogens is 264 g/mol. The Balaban J connectivity index is 2.32. The Morgan fingerprint density at radius 2 is 2.11 bits per heavy atom. The second-order valence-corrected chi connectivity index (χ2v) is 5.74. The number of rotatable bonds is 6. The monoisotopic (exact) mass is 284 g/mol. The molecule has 0 atom stereocenters. The van der Waals surface area contributed by atoms with Gasteiger partial charge in [-0.05, 0) is 29.5 Å². The summed E-state index contributed by atoms with van der Waals surface area (Å²) in [5, 5.41) is 15.1. The zero-order chi connectivity index (χ0) is 14.3. The topological polar surface area (TPSA) is 61.4 Å². The van der Waals surface area contributed by atoms with Crippen LogP contribution in [0.1, 0.15) is 25.8 Å². The van der Waals surface area contributed by atoms with Crippen LogP contribution < -0.4 is 10.6 Å². The summed E-state index contributed by atoms with van der Waals surface area (Å²) in [4.78, 5) is 11.6. The lowest BCUT2D eigenvalue weighted by atomic mass is 9.90. The van der Waals surface area contributed by atoms with E-state index in [0.717, 1.165) is 5.56 Å². The molecule has 0 saturated carbocycles. The number of halogens is 1. The van der Waals surface area contributed by atoms with Crippen molar-refractivity contribution in [2.24, 2.45) is 5.41 Å². The summed E-state index contributed by atoms with van der Waals surface area (Å²) in [6.07, 6.45) is 0.654. The average molecular weight is 285 g/mol. The summed E-state index contributed by atoms with van der Waals surface area (Å²) in [5.41, 5.74) is 0.847. The van der Waals surface area contributed by atoms with Gasteiger partial charge in [0.1, 0.15) is 0 Å². The van der Waals surface area contributed by atoms with Crippen molar-refractivity contribution in [2.45, 2.75) is 26.8 Å². The van der Waals surface area contributed by atoms with Crippen molar-refractivity contribution in [3.63, 3.8) is 0 Å². The molecule has 0 spiro atoms. The minimum Gasteiger partial charge on any atom is -0.396 e. The molecule has 0 aromatic heterocycles. The zero-order valence-electron chi connectivity index (χ0n) is 11.4. The number of nitrogens with one attached hydrogen (secondary N) is 2. The zero-order valence-corrected chi connectivity index (χ0v) is 12.1. The van der Waals surface area contributed by atoms with Gasteiger partial charge in [0.25, 0.3) is 0 Å². The Bertz CT molecular complexity index is 422. The van der Waals surface area contributed by atoms with Crippen molar-refractivity contribution in [1.82, 2.24) is 10.6 Å². The minimum atomic E-state index is -0.217. The van der Waals surface area contributed by atoms with Crippen molar-refractivity contribution in [3.05, 3.63) is 34.9 Å². The van der Waals surface area contributed by atoms with Crippen LogP contribution in [0.25, 0.3) is 0 Å². The van der Waals surface area contributed by atoms with E-state index in [1.807, 2.05) is 32.0 Å². The maximum atomic E-state index is 11.6. The Labute approximate surface area is 119 Å². The summed E-state index contributed by atoms with van der Waals surface area (Å²) in [5.74, 6) is 0. The van der Waals surface area contributed by atoms with E-state index >= 15 is 0 Å². The molecule has 0 unspecified atom stereocenters. The van der Waals surface area contributed by atoms with Crippen LogP contribution in [0.15, 0.2) is 24.3 Å². The highest BCUT2D eigenvalue weighted by Gasteiger charge is 2.17. The van der Waals surface area contributed by atoms with Crippen molar-refractivity contribution < 1.29 is 9.90 Å². The summed E-state index contributed by atoms with van der Waals surface area (Å²) < 4.78 is 0.